The number of nitrogens with zero attached hydrogens (tertiary/aromatic N) is 2. The number of fused-ring (bicyclic) bond motifs is 6. The predicted octanol–water partition coefficient (Wildman–Crippen LogP) is 15.3. The monoisotopic (exact) mass is 752 g/mol. The molecular weight excluding hydrogens is 713 g/mol. The lowest BCUT2D eigenvalue weighted by atomic mass is 9.67. The zero-order valence-corrected chi connectivity index (χ0v) is 32.5. The van der Waals surface area contributed by atoms with Gasteiger partial charge in [-0.1, -0.05) is 164 Å². The summed E-state index contributed by atoms with van der Waals surface area (Å²) in [5, 5.41) is 4.93. The van der Waals surface area contributed by atoms with Crippen LogP contribution in [0.5, 0.6) is 0 Å². The highest BCUT2D eigenvalue weighted by atomic mass is 15.2. The summed E-state index contributed by atoms with van der Waals surface area (Å²) in [6.07, 6.45) is 0. The third-order valence-corrected chi connectivity index (χ3v) is 12.0. The first-order valence-corrected chi connectivity index (χ1v) is 20.3. The van der Waals surface area contributed by atoms with Crippen LogP contribution in [0.15, 0.2) is 243 Å². The Morgan fingerprint density at radius 3 is 1.25 bits per heavy atom. The molecule has 0 spiro atoms. The first kappa shape index (κ1) is 34.6. The molecule has 0 aromatic heterocycles. The van der Waals surface area contributed by atoms with Crippen LogP contribution in [-0.4, -0.2) is 0 Å². The maximum atomic E-state index is 2.49. The van der Waals surface area contributed by atoms with E-state index in [0.717, 1.165) is 34.1 Å². The third kappa shape index (κ3) is 5.72. The molecular formula is C57H40N2. The highest BCUT2D eigenvalue weighted by Gasteiger charge is 2.46. The van der Waals surface area contributed by atoms with Crippen LogP contribution in [0.2, 0.25) is 0 Å². The molecule has 10 aromatic carbocycles. The second-order valence-electron chi connectivity index (χ2n) is 15.3. The van der Waals surface area contributed by atoms with Gasteiger partial charge in [0.15, 0.2) is 0 Å². The smallest absolute Gasteiger partial charge is 0.0713 e. The first-order chi connectivity index (χ1) is 29.3. The van der Waals surface area contributed by atoms with E-state index in [2.05, 4.69) is 252 Å². The van der Waals surface area contributed by atoms with Crippen molar-refractivity contribution in [1.29, 1.82) is 0 Å². The molecule has 278 valence electrons. The molecule has 2 heteroatoms. The topological polar surface area (TPSA) is 6.48 Å². The summed E-state index contributed by atoms with van der Waals surface area (Å²) in [6, 6.07) is 88.4. The van der Waals surface area contributed by atoms with E-state index in [1.54, 1.807) is 0 Å². The molecule has 0 heterocycles. The van der Waals surface area contributed by atoms with Gasteiger partial charge in [-0.15, -0.1) is 0 Å². The lowest BCUT2D eigenvalue weighted by Crippen LogP contribution is -2.28. The summed E-state index contributed by atoms with van der Waals surface area (Å²) >= 11 is 0. The summed E-state index contributed by atoms with van der Waals surface area (Å²) < 4.78 is 0. The summed E-state index contributed by atoms with van der Waals surface area (Å²) in [6.45, 7) is 0. The highest BCUT2D eigenvalue weighted by molar-refractivity contribution is 6.11. The second kappa shape index (κ2) is 14.4. The average Bonchev–Trinajstić information content (AvgIpc) is 3.60. The number of hydrogen-bond acceptors (Lipinski definition) is 2. The van der Waals surface area contributed by atoms with Gasteiger partial charge in [0.2, 0.25) is 0 Å². The van der Waals surface area contributed by atoms with Gasteiger partial charge in [-0.2, -0.15) is 0 Å². The minimum Gasteiger partial charge on any atom is -0.310 e. The number of benzene rings is 10. The summed E-state index contributed by atoms with van der Waals surface area (Å²) in [4.78, 5) is 4.69. The molecule has 59 heavy (non-hydrogen) atoms. The van der Waals surface area contributed by atoms with Crippen LogP contribution in [0.4, 0.5) is 34.1 Å². The lowest BCUT2D eigenvalue weighted by molar-refractivity contribution is 0.769. The van der Waals surface area contributed by atoms with Gasteiger partial charge in [0.05, 0.1) is 5.41 Å². The van der Waals surface area contributed by atoms with Gasteiger partial charge in [0.25, 0.3) is 0 Å². The molecule has 0 atom stereocenters. The van der Waals surface area contributed by atoms with Crippen molar-refractivity contribution in [1.82, 2.24) is 0 Å². The van der Waals surface area contributed by atoms with Crippen molar-refractivity contribution in [2.45, 2.75) is 5.41 Å². The van der Waals surface area contributed by atoms with Gasteiger partial charge in [0, 0.05) is 34.1 Å². The number of anilines is 6. The lowest BCUT2D eigenvalue weighted by Gasteiger charge is -2.34. The van der Waals surface area contributed by atoms with Crippen LogP contribution in [-0.2, 0) is 5.41 Å². The van der Waals surface area contributed by atoms with Crippen LogP contribution in [0, 0.1) is 0 Å². The Hall–Kier alpha value is -7.68. The minimum absolute atomic E-state index is 0.451. The van der Waals surface area contributed by atoms with Crippen molar-refractivity contribution in [3.63, 3.8) is 0 Å². The van der Waals surface area contributed by atoms with E-state index >= 15 is 0 Å². The standard InChI is InChI=1S/C57H40N2/c1-6-19-43(20-7-1)57(44-21-8-2-9-22-44)55-32-17-16-31-52(55)54-38-42-34-33-41-37-50(35-36-51(41)53(42)40-56(54)57)59(47-27-14-5-15-28-47)49-30-18-29-48(39-49)58(45-23-10-3-11-24-45)46-25-12-4-13-26-46/h1-40H. The van der Waals surface area contributed by atoms with Crippen LogP contribution in [0.25, 0.3) is 32.7 Å². The highest BCUT2D eigenvalue weighted by Crippen LogP contribution is 2.57. The van der Waals surface area contributed by atoms with Gasteiger partial charge in [-0.05, 0) is 134 Å². The molecule has 1 aliphatic carbocycles. The fourth-order valence-corrected chi connectivity index (χ4v) is 9.52. The molecule has 0 unspecified atom stereocenters. The Morgan fingerprint density at radius 2 is 0.695 bits per heavy atom. The largest absolute Gasteiger partial charge is 0.310 e. The SMILES string of the molecule is c1ccc(N(c2ccccc2)c2cccc(N(c3ccccc3)c3ccc4c(ccc5cc6c(cc54)C(c4ccccc4)(c4ccccc4)c4ccccc4-6)c3)c2)cc1. The molecule has 2 nitrogen and oxygen atoms in total. The molecule has 0 saturated carbocycles. The summed E-state index contributed by atoms with van der Waals surface area (Å²) in [7, 11) is 0. The van der Waals surface area contributed by atoms with Gasteiger partial charge in [-0.25, -0.2) is 0 Å². The zero-order chi connectivity index (χ0) is 39.2. The summed E-state index contributed by atoms with van der Waals surface area (Å²) in [5.41, 5.74) is 13.9. The maximum Gasteiger partial charge on any atom is 0.0713 e. The fraction of sp³-hybridized carbons (Fsp3) is 0.0175. The van der Waals surface area contributed by atoms with E-state index in [1.807, 2.05) is 0 Å². The van der Waals surface area contributed by atoms with E-state index < -0.39 is 5.41 Å². The molecule has 1 aliphatic rings. The number of rotatable bonds is 8. The van der Waals surface area contributed by atoms with E-state index in [4.69, 9.17) is 0 Å². The van der Waals surface area contributed by atoms with E-state index in [9.17, 15) is 0 Å². The molecule has 0 fully saturated rings. The van der Waals surface area contributed by atoms with Crippen molar-refractivity contribution >= 4 is 55.7 Å². The molecule has 0 amide bonds. The van der Waals surface area contributed by atoms with E-state index in [1.165, 1.54) is 54.9 Å². The Bertz CT molecular complexity index is 3010. The van der Waals surface area contributed by atoms with Crippen molar-refractivity contribution in [3.8, 4) is 11.1 Å². The van der Waals surface area contributed by atoms with E-state index in [0.29, 0.717) is 0 Å². The Kier molecular flexibility index (Phi) is 8.41. The predicted molar refractivity (Wildman–Crippen MR) is 248 cm³/mol. The van der Waals surface area contributed by atoms with Crippen LogP contribution in [0.1, 0.15) is 22.3 Å². The van der Waals surface area contributed by atoms with Gasteiger partial charge < -0.3 is 9.80 Å². The summed E-state index contributed by atoms with van der Waals surface area (Å²) in [5.74, 6) is 0. The normalized spacial score (nSPS) is 12.5. The van der Waals surface area contributed by atoms with Crippen LogP contribution in [0.3, 0.4) is 0 Å². The average molecular weight is 753 g/mol. The van der Waals surface area contributed by atoms with Gasteiger partial charge >= 0.3 is 0 Å². The van der Waals surface area contributed by atoms with Crippen molar-refractivity contribution < 1.29 is 0 Å². The quantitative estimate of drug-likeness (QED) is 0.143. The molecule has 0 aliphatic heterocycles. The first-order valence-electron chi connectivity index (χ1n) is 20.3. The van der Waals surface area contributed by atoms with Crippen molar-refractivity contribution in [3.05, 3.63) is 265 Å². The number of hydrogen-bond donors (Lipinski definition) is 0. The van der Waals surface area contributed by atoms with Crippen molar-refractivity contribution in [2.24, 2.45) is 0 Å². The minimum atomic E-state index is -0.451. The van der Waals surface area contributed by atoms with E-state index in [-0.39, 0.29) is 0 Å². The second-order valence-corrected chi connectivity index (χ2v) is 15.3. The fourth-order valence-electron chi connectivity index (χ4n) is 9.52. The number of para-hydroxylation sites is 3. The van der Waals surface area contributed by atoms with Gasteiger partial charge in [0.1, 0.15) is 0 Å². The molecule has 0 radical (unpaired) electrons. The van der Waals surface area contributed by atoms with Gasteiger partial charge in [-0.3, -0.25) is 0 Å². The zero-order valence-electron chi connectivity index (χ0n) is 32.5. The molecule has 0 saturated heterocycles. The third-order valence-electron chi connectivity index (χ3n) is 12.0. The maximum absolute atomic E-state index is 2.49. The van der Waals surface area contributed by atoms with Crippen LogP contribution >= 0.6 is 0 Å². The molecule has 11 rings (SSSR count). The van der Waals surface area contributed by atoms with Crippen LogP contribution < -0.4 is 9.80 Å². The Labute approximate surface area is 345 Å². The van der Waals surface area contributed by atoms with Crippen molar-refractivity contribution in [2.75, 3.05) is 9.80 Å². The molecule has 0 bridgehead atoms. The Morgan fingerprint density at radius 1 is 0.254 bits per heavy atom. The Balaban J connectivity index is 1.09. The molecule has 10 aromatic rings. The molecule has 0 N–H and O–H groups in total.